The third kappa shape index (κ3) is 3.03. The van der Waals surface area contributed by atoms with E-state index in [1.165, 1.54) is 7.11 Å². The zero-order valence-electron chi connectivity index (χ0n) is 9.00. The second kappa shape index (κ2) is 5.97. The Balaban J connectivity index is 3.01. The Morgan fingerprint density at radius 1 is 1.50 bits per heavy atom. The van der Waals surface area contributed by atoms with Gasteiger partial charge in [-0.2, -0.15) is 0 Å². The number of carbonyl (C=O) groups is 1. The molecule has 0 amide bonds. The summed E-state index contributed by atoms with van der Waals surface area (Å²) < 4.78 is 9.93. The topological polar surface area (TPSA) is 35.5 Å². The predicted octanol–water partition coefficient (Wildman–Crippen LogP) is 3.19. The van der Waals surface area contributed by atoms with Crippen molar-refractivity contribution in [1.29, 1.82) is 0 Å². The van der Waals surface area contributed by atoms with Crippen LogP contribution < -0.4 is 4.74 Å². The van der Waals surface area contributed by atoms with Gasteiger partial charge in [-0.15, -0.1) is 11.6 Å². The quantitative estimate of drug-likeness (QED) is 0.618. The number of hydrogen-bond donors (Lipinski definition) is 0. The molecule has 1 unspecified atom stereocenters. The van der Waals surface area contributed by atoms with Crippen molar-refractivity contribution >= 4 is 29.2 Å². The second-order valence-electron chi connectivity index (χ2n) is 3.00. The normalized spacial score (nSPS) is 12.0. The molecule has 0 heterocycles. The maximum Gasteiger partial charge on any atom is 0.328 e. The van der Waals surface area contributed by atoms with Crippen LogP contribution in [0.3, 0.4) is 0 Å². The smallest absolute Gasteiger partial charge is 0.328 e. The molecule has 1 atom stereocenters. The number of rotatable bonds is 4. The summed E-state index contributed by atoms with van der Waals surface area (Å²) in [6, 6.07) is 4.92. The molecule has 0 aromatic heterocycles. The molecule has 0 bridgehead atoms. The second-order valence-corrected chi connectivity index (χ2v) is 3.87. The molecule has 0 aliphatic rings. The number of esters is 1. The van der Waals surface area contributed by atoms with Crippen molar-refractivity contribution in [3.8, 4) is 5.75 Å². The molecule has 0 saturated carbocycles. The van der Waals surface area contributed by atoms with Gasteiger partial charge in [0, 0.05) is 10.6 Å². The van der Waals surface area contributed by atoms with E-state index in [9.17, 15) is 4.79 Å². The number of hydrogen-bond acceptors (Lipinski definition) is 3. The van der Waals surface area contributed by atoms with Gasteiger partial charge in [0.15, 0.2) is 5.38 Å². The van der Waals surface area contributed by atoms with Gasteiger partial charge in [-0.25, -0.2) is 0 Å². The molecule has 0 spiro atoms. The van der Waals surface area contributed by atoms with Crippen molar-refractivity contribution in [2.45, 2.75) is 12.3 Å². The van der Waals surface area contributed by atoms with Crippen molar-refractivity contribution < 1.29 is 14.3 Å². The van der Waals surface area contributed by atoms with E-state index in [-0.39, 0.29) is 6.61 Å². The van der Waals surface area contributed by atoms with Crippen LogP contribution >= 0.6 is 23.2 Å². The highest BCUT2D eigenvalue weighted by molar-refractivity contribution is 6.32. The molecule has 0 radical (unpaired) electrons. The molecule has 16 heavy (non-hydrogen) atoms. The van der Waals surface area contributed by atoms with Crippen LogP contribution in [0.4, 0.5) is 0 Å². The summed E-state index contributed by atoms with van der Waals surface area (Å²) in [7, 11) is 1.50. The summed E-state index contributed by atoms with van der Waals surface area (Å²) in [5.74, 6) is 0.00202. The molecule has 0 aliphatic heterocycles. The summed E-state index contributed by atoms with van der Waals surface area (Å²) in [5, 5.41) is -0.417. The van der Waals surface area contributed by atoms with Gasteiger partial charge in [-0.3, -0.25) is 4.79 Å². The highest BCUT2D eigenvalue weighted by Gasteiger charge is 2.22. The van der Waals surface area contributed by atoms with Gasteiger partial charge in [0.2, 0.25) is 0 Å². The molecular formula is C11H12Cl2O3. The highest BCUT2D eigenvalue weighted by atomic mass is 35.5. The minimum atomic E-state index is -0.909. The first kappa shape index (κ1) is 13.1. The summed E-state index contributed by atoms with van der Waals surface area (Å²) in [6.07, 6.45) is 0. The Morgan fingerprint density at radius 2 is 2.19 bits per heavy atom. The number of halogens is 2. The highest BCUT2D eigenvalue weighted by Crippen LogP contribution is 2.32. The molecule has 88 valence electrons. The van der Waals surface area contributed by atoms with Crippen molar-refractivity contribution in [3.05, 3.63) is 28.8 Å². The number of benzene rings is 1. The average molecular weight is 263 g/mol. The Kier molecular flexibility index (Phi) is 4.90. The first-order valence-corrected chi connectivity index (χ1v) is 5.55. The number of carbonyl (C=O) groups excluding carboxylic acids is 1. The minimum Gasteiger partial charge on any atom is -0.496 e. The fraction of sp³-hybridized carbons (Fsp3) is 0.364. The van der Waals surface area contributed by atoms with E-state index in [2.05, 4.69) is 0 Å². The van der Waals surface area contributed by atoms with E-state index in [1.54, 1.807) is 25.1 Å². The lowest BCUT2D eigenvalue weighted by Gasteiger charge is -2.13. The van der Waals surface area contributed by atoms with Crippen LogP contribution in [-0.4, -0.2) is 19.7 Å². The van der Waals surface area contributed by atoms with E-state index < -0.39 is 11.3 Å². The van der Waals surface area contributed by atoms with Gasteiger partial charge in [-0.1, -0.05) is 11.6 Å². The maximum absolute atomic E-state index is 11.5. The standard InChI is InChI=1S/C11H12Cl2O3/c1-3-16-11(14)10(13)8-6-7(12)4-5-9(8)15-2/h4-6,10H,3H2,1-2H3. The Labute approximate surface area is 104 Å². The molecule has 1 aromatic rings. The maximum atomic E-state index is 11.5. The van der Waals surface area contributed by atoms with E-state index in [1.807, 2.05) is 0 Å². The van der Waals surface area contributed by atoms with Crippen molar-refractivity contribution in [3.63, 3.8) is 0 Å². The molecule has 0 saturated heterocycles. The lowest BCUT2D eigenvalue weighted by molar-refractivity contribution is -0.142. The third-order valence-corrected chi connectivity index (χ3v) is 2.61. The lowest BCUT2D eigenvalue weighted by atomic mass is 10.1. The van der Waals surface area contributed by atoms with Crippen molar-refractivity contribution in [1.82, 2.24) is 0 Å². The third-order valence-electron chi connectivity index (χ3n) is 1.96. The van der Waals surface area contributed by atoms with Crippen LogP contribution in [0.15, 0.2) is 18.2 Å². The van der Waals surface area contributed by atoms with Crippen LogP contribution in [0.5, 0.6) is 5.75 Å². The largest absolute Gasteiger partial charge is 0.496 e. The Bertz CT molecular complexity index is 379. The average Bonchev–Trinajstić information content (AvgIpc) is 2.28. The monoisotopic (exact) mass is 262 g/mol. The van der Waals surface area contributed by atoms with E-state index >= 15 is 0 Å². The van der Waals surface area contributed by atoms with Crippen LogP contribution in [0.25, 0.3) is 0 Å². The van der Waals surface area contributed by atoms with Crippen molar-refractivity contribution in [2.75, 3.05) is 13.7 Å². The van der Waals surface area contributed by atoms with E-state index in [4.69, 9.17) is 32.7 Å². The molecule has 0 aliphatic carbocycles. The van der Waals surface area contributed by atoms with Crippen LogP contribution in [0.2, 0.25) is 5.02 Å². The van der Waals surface area contributed by atoms with Crippen molar-refractivity contribution in [2.24, 2.45) is 0 Å². The van der Waals surface area contributed by atoms with E-state index in [0.29, 0.717) is 16.3 Å². The Hall–Kier alpha value is -0.930. The van der Waals surface area contributed by atoms with Crippen LogP contribution in [0, 0.1) is 0 Å². The van der Waals surface area contributed by atoms with Crippen LogP contribution in [0.1, 0.15) is 17.9 Å². The summed E-state index contributed by atoms with van der Waals surface area (Å²) >= 11 is 11.8. The summed E-state index contributed by atoms with van der Waals surface area (Å²) in [4.78, 5) is 11.5. The summed E-state index contributed by atoms with van der Waals surface area (Å²) in [6.45, 7) is 2.00. The number of ether oxygens (including phenoxy) is 2. The fourth-order valence-electron chi connectivity index (χ4n) is 1.25. The minimum absolute atomic E-state index is 0.283. The van der Waals surface area contributed by atoms with Crippen LogP contribution in [-0.2, 0) is 9.53 Å². The fourth-order valence-corrected chi connectivity index (χ4v) is 1.66. The number of alkyl halides is 1. The van der Waals surface area contributed by atoms with Gasteiger partial charge in [0.25, 0.3) is 0 Å². The van der Waals surface area contributed by atoms with Gasteiger partial charge < -0.3 is 9.47 Å². The zero-order valence-corrected chi connectivity index (χ0v) is 10.5. The molecule has 1 aromatic carbocycles. The summed E-state index contributed by atoms with van der Waals surface area (Å²) in [5.41, 5.74) is 0.509. The zero-order chi connectivity index (χ0) is 12.1. The van der Waals surface area contributed by atoms with Gasteiger partial charge >= 0.3 is 5.97 Å². The van der Waals surface area contributed by atoms with Gasteiger partial charge in [0.05, 0.1) is 13.7 Å². The Morgan fingerprint density at radius 3 is 2.75 bits per heavy atom. The predicted molar refractivity (Wildman–Crippen MR) is 63.2 cm³/mol. The van der Waals surface area contributed by atoms with Gasteiger partial charge in [0.1, 0.15) is 5.75 Å². The number of methoxy groups -OCH3 is 1. The van der Waals surface area contributed by atoms with E-state index in [0.717, 1.165) is 0 Å². The van der Waals surface area contributed by atoms with Gasteiger partial charge in [-0.05, 0) is 25.1 Å². The molecule has 1 rings (SSSR count). The first-order chi connectivity index (χ1) is 7.60. The SMILES string of the molecule is CCOC(=O)C(Cl)c1cc(Cl)ccc1OC. The molecule has 0 N–H and O–H groups in total. The molecular weight excluding hydrogens is 251 g/mol. The lowest BCUT2D eigenvalue weighted by Crippen LogP contribution is -2.12. The molecule has 0 fully saturated rings. The molecule has 5 heteroatoms. The first-order valence-electron chi connectivity index (χ1n) is 4.74. The molecule has 3 nitrogen and oxygen atoms in total.